The van der Waals surface area contributed by atoms with Crippen molar-refractivity contribution in [2.75, 3.05) is 13.1 Å². The highest BCUT2D eigenvalue weighted by Crippen LogP contribution is 1.92. The van der Waals surface area contributed by atoms with Gasteiger partial charge in [-0.3, -0.25) is 9.59 Å². The van der Waals surface area contributed by atoms with E-state index in [-0.39, 0.29) is 18.5 Å². The first-order chi connectivity index (χ1) is 8.27. The van der Waals surface area contributed by atoms with Crippen LogP contribution in [0, 0.1) is 0 Å². The zero-order chi connectivity index (χ0) is 14.3. The van der Waals surface area contributed by atoms with Crippen LogP contribution in [-0.2, 0) is 9.59 Å². The molecule has 3 amide bonds. The third-order valence-corrected chi connectivity index (χ3v) is 2.16. The minimum absolute atomic E-state index is 0.00258. The molecular formula is C11H21N3O4. The van der Waals surface area contributed by atoms with E-state index in [2.05, 4.69) is 10.6 Å². The molecule has 0 rings (SSSR count). The van der Waals surface area contributed by atoms with Gasteiger partial charge in [0, 0.05) is 12.6 Å². The van der Waals surface area contributed by atoms with Gasteiger partial charge in [0.1, 0.15) is 12.6 Å². The predicted octanol–water partition coefficient (Wildman–Crippen LogP) is 0.0156. The highest BCUT2D eigenvalue weighted by Gasteiger charge is 2.20. The number of amides is 3. The first kappa shape index (κ1) is 16.2. The Morgan fingerprint density at radius 3 is 2.11 bits per heavy atom. The van der Waals surface area contributed by atoms with E-state index >= 15 is 0 Å². The summed E-state index contributed by atoms with van der Waals surface area (Å²) in [5.74, 6) is -1.39. The third-order valence-electron chi connectivity index (χ3n) is 2.16. The lowest BCUT2D eigenvalue weighted by Gasteiger charge is -2.22. The van der Waals surface area contributed by atoms with Gasteiger partial charge < -0.3 is 20.6 Å². The number of carboxylic acid groups (broad SMARTS) is 1. The summed E-state index contributed by atoms with van der Waals surface area (Å²) in [5, 5.41) is 13.6. The zero-order valence-electron chi connectivity index (χ0n) is 11.2. The van der Waals surface area contributed by atoms with Gasteiger partial charge in [-0.15, -0.1) is 0 Å². The molecule has 1 atom stereocenters. The van der Waals surface area contributed by atoms with Gasteiger partial charge in [-0.2, -0.15) is 0 Å². The number of hydrogen-bond acceptors (Lipinski definition) is 3. The Balaban J connectivity index is 4.36. The Morgan fingerprint density at radius 2 is 1.72 bits per heavy atom. The fourth-order valence-electron chi connectivity index (χ4n) is 1.21. The van der Waals surface area contributed by atoms with Gasteiger partial charge in [0.05, 0.1) is 0 Å². The summed E-state index contributed by atoms with van der Waals surface area (Å²) in [4.78, 5) is 35.0. The normalized spacial score (nSPS) is 11.8. The van der Waals surface area contributed by atoms with Crippen LogP contribution in [0.15, 0.2) is 0 Å². The number of likely N-dealkylation sites (N-methyl/N-ethyl adjacent to an activating group) is 1. The number of carboxylic acids is 1. The van der Waals surface area contributed by atoms with Gasteiger partial charge in [-0.05, 0) is 27.7 Å². The predicted molar refractivity (Wildman–Crippen MR) is 66.2 cm³/mol. The molecule has 0 spiro atoms. The molecule has 0 saturated carbocycles. The fraction of sp³-hybridized carbons (Fsp3) is 0.727. The van der Waals surface area contributed by atoms with E-state index in [0.29, 0.717) is 6.54 Å². The molecule has 3 N–H and O–H groups in total. The molecule has 0 aromatic rings. The van der Waals surface area contributed by atoms with Crippen molar-refractivity contribution in [3.05, 3.63) is 0 Å². The van der Waals surface area contributed by atoms with E-state index in [4.69, 9.17) is 5.11 Å². The number of carbonyl (C=O) groups excluding carboxylic acids is 2. The molecule has 18 heavy (non-hydrogen) atoms. The maximum absolute atomic E-state index is 11.7. The Labute approximate surface area is 107 Å². The van der Waals surface area contributed by atoms with Gasteiger partial charge in [-0.25, -0.2) is 4.79 Å². The minimum Gasteiger partial charge on any atom is -0.480 e. The van der Waals surface area contributed by atoms with Crippen LogP contribution in [-0.4, -0.2) is 53.1 Å². The first-order valence-electron chi connectivity index (χ1n) is 5.85. The number of urea groups is 1. The quantitative estimate of drug-likeness (QED) is 0.626. The minimum atomic E-state index is -1.12. The molecule has 0 aliphatic carbocycles. The van der Waals surface area contributed by atoms with E-state index in [1.54, 1.807) is 6.92 Å². The van der Waals surface area contributed by atoms with Gasteiger partial charge in [0.2, 0.25) is 5.91 Å². The summed E-state index contributed by atoms with van der Waals surface area (Å²) < 4.78 is 0. The van der Waals surface area contributed by atoms with E-state index in [0.717, 1.165) is 0 Å². The molecule has 0 fully saturated rings. The van der Waals surface area contributed by atoms with Gasteiger partial charge in [0.25, 0.3) is 0 Å². The summed E-state index contributed by atoms with van der Waals surface area (Å²) in [6.45, 7) is 6.95. The van der Waals surface area contributed by atoms with Crippen molar-refractivity contribution in [3.8, 4) is 0 Å². The van der Waals surface area contributed by atoms with Crippen LogP contribution >= 0.6 is 0 Å². The van der Waals surface area contributed by atoms with Crippen LogP contribution < -0.4 is 10.6 Å². The Morgan fingerprint density at radius 1 is 1.17 bits per heavy atom. The fourth-order valence-corrected chi connectivity index (χ4v) is 1.21. The molecule has 0 heterocycles. The second-order valence-electron chi connectivity index (χ2n) is 4.25. The maximum Gasteiger partial charge on any atom is 0.325 e. The molecule has 0 aliphatic heterocycles. The van der Waals surface area contributed by atoms with Gasteiger partial charge in [-0.1, -0.05) is 0 Å². The standard InChI is InChI=1S/C11H21N3O4/c1-5-14(6-9(15)12-7(2)3)11(18)13-8(4)10(16)17/h7-8H,5-6H2,1-4H3,(H,12,15)(H,13,18)(H,16,17)/t8-/m1/s1. The van der Waals surface area contributed by atoms with Crippen LogP contribution in [0.3, 0.4) is 0 Å². The molecule has 104 valence electrons. The first-order valence-corrected chi connectivity index (χ1v) is 5.85. The van der Waals surface area contributed by atoms with Crippen molar-refractivity contribution < 1.29 is 19.5 Å². The van der Waals surface area contributed by atoms with E-state index in [1.165, 1.54) is 11.8 Å². The molecule has 0 bridgehead atoms. The van der Waals surface area contributed by atoms with Crippen molar-refractivity contribution in [2.45, 2.75) is 39.8 Å². The molecular weight excluding hydrogens is 238 g/mol. The average Bonchev–Trinajstić information content (AvgIpc) is 2.24. The topological polar surface area (TPSA) is 98.7 Å². The monoisotopic (exact) mass is 259 g/mol. The largest absolute Gasteiger partial charge is 0.480 e. The number of nitrogens with one attached hydrogen (secondary N) is 2. The molecule has 0 aliphatic rings. The van der Waals surface area contributed by atoms with Crippen molar-refractivity contribution >= 4 is 17.9 Å². The van der Waals surface area contributed by atoms with E-state index < -0.39 is 18.0 Å². The summed E-state index contributed by atoms with van der Waals surface area (Å²) >= 11 is 0. The van der Waals surface area contributed by atoms with E-state index in [9.17, 15) is 14.4 Å². The molecule has 0 aromatic carbocycles. The molecule has 0 unspecified atom stereocenters. The maximum atomic E-state index is 11.7. The molecule has 0 aromatic heterocycles. The SMILES string of the molecule is CCN(CC(=O)NC(C)C)C(=O)N[C@H](C)C(=O)O. The number of hydrogen-bond donors (Lipinski definition) is 3. The Kier molecular flexibility index (Phi) is 6.77. The van der Waals surface area contributed by atoms with Crippen LogP contribution in [0.2, 0.25) is 0 Å². The Hall–Kier alpha value is -1.79. The summed E-state index contributed by atoms with van der Waals surface area (Å²) in [5.41, 5.74) is 0. The summed E-state index contributed by atoms with van der Waals surface area (Å²) in [6, 6.07) is -1.55. The molecule has 7 heteroatoms. The highest BCUT2D eigenvalue weighted by atomic mass is 16.4. The smallest absolute Gasteiger partial charge is 0.325 e. The third kappa shape index (κ3) is 6.07. The number of nitrogens with zero attached hydrogens (tertiary/aromatic N) is 1. The molecule has 0 radical (unpaired) electrons. The lowest BCUT2D eigenvalue weighted by Crippen LogP contribution is -2.50. The van der Waals surface area contributed by atoms with Crippen molar-refractivity contribution in [3.63, 3.8) is 0 Å². The zero-order valence-corrected chi connectivity index (χ0v) is 11.2. The second-order valence-corrected chi connectivity index (χ2v) is 4.25. The lowest BCUT2D eigenvalue weighted by molar-refractivity contribution is -0.138. The van der Waals surface area contributed by atoms with Crippen LogP contribution in [0.5, 0.6) is 0 Å². The summed E-state index contributed by atoms with van der Waals surface area (Å²) in [6.07, 6.45) is 0. The number of carbonyl (C=O) groups is 3. The lowest BCUT2D eigenvalue weighted by atomic mass is 10.3. The van der Waals surface area contributed by atoms with E-state index in [1.807, 2.05) is 13.8 Å². The van der Waals surface area contributed by atoms with Crippen molar-refractivity contribution in [1.29, 1.82) is 0 Å². The van der Waals surface area contributed by atoms with Crippen molar-refractivity contribution in [1.82, 2.24) is 15.5 Å². The van der Waals surface area contributed by atoms with Gasteiger partial charge >= 0.3 is 12.0 Å². The number of rotatable bonds is 6. The van der Waals surface area contributed by atoms with Crippen LogP contribution in [0.4, 0.5) is 4.79 Å². The highest BCUT2D eigenvalue weighted by molar-refractivity contribution is 5.86. The van der Waals surface area contributed by atoms with Crippen LogP contribution in [0.25, 0.3) is 0 Å². The summed E-state index contributed by atoms with van der Waals surface area (Å²) in [7, 11) is 0. The average molecular weight is 259 g/mol. The second kappa shape index (κ2) is 7.52. The van der Waals surface area contributed by atoms with Crippen molar-refractivity contribution in [2.24, 2.45) is 0 Å². The number of aliphatic carboxylic acids is 1. The van der Waals surface area contributed by atoms with Crippen LogP contribution in [0.1, 0.15) is 27.7 Å². The van der Waals surface area contributed by atoms with Gasteiger partial charge in [0.15, 0.2) is 0 Å². The Bertz CT molecular complexity index is 317. The molecule has 0 saturated heterocycles. The molecule has 7 nitrogen and oxygen atoms in total.